The van der Waals surface area contributed by atoms with Crippen LogP contribution in [-0.2, 0) is 13.1 Å². The summed E-state index contributed by atoms with van der Waals surface area (Å²) in [6.45, 7) is -2.22. The predicted molar refractivity (Wildman–Crippen MR) is 88.0 cm³/mol. The lowest BCUT2D eigenvalue weighted by Gasteiger charge is -2.12. The molecule has 1 amide bonds. The maximum atomic E-state index is 13.7. The third kappa shape index (κ3) is 5.79. The molecule has 0 bridgehead atoms. The maximum absolute atomic E-state index is 13.7. The van der Waals surface area contributed by atoms with Crippen molar-refractivity contribution < 1.29 is 22.7 Å². The van der Waals surface area contributed by atoms with Crippen molar-refractivity contribution in [2.45, 2.75) is 19.7 Å². The van der Waals surface area contributed by atoms with Crippen LogP contribution in [0.15, 0.2) is 42.5 Å². The van der Waals surface area contributed by atoms with Gasteiger partial charge >= 0.3 is 6.61 Å². The molecule has 1 N–H and O–H groups in total. The van der Waals surface area contributed by atoms with Crippen LogP contribution in [0.5, 0.6) is 5.75 Å². The second-order valence-electron chi connectivity index (χ2n) is 5.75. The number of ether oxygens (including phenoxy) is 1. The van der Waals surface area contributed by atoms with Crippen molar-refractivity contribution in [3.63, 3.8) is 0 Å². The first-order valence-corrected chi connectivity index (χ1v) is 7.60. The summed E-state index contributed by atoms with van der Waals surface area (Å²) in [5.74, 6) is -0.668. The molecule has 2 aromatic rings. The van der Waals surface area contributed by atoms with Gasteiger partial charge in [-0.1, -0.05) is 6.07 Å². The van der Waals surface area contributed by atoms with Crippen LogP contribution in [0, 0.1) is 5.82 Å². The second kappa shape index (κ2) is 8.53. The minimum absolute atomic E-state index is 0.0154. The van der Waals surface area contributed by atoms with E-state index >= 15 is 0 Å². The van der Waals surface area contributed by atoms with E-state index in [4.69, 9.17) is 0 Å². The maximum Gasteiger partial charge on any atom is 0.387 e. The lowest BCUT2D eigenvalue weighted by Crippen LogP contribution is -2.23. The number of amides is 1. The number of nitrogens with one attached hydrogen (secondary N) is 1. The van der Waals surface area contributed by atoms with Crippen LogP contribution in [0.2, 0.25) is 0 Å². The van der Waals surface area contributed by atoms with Crippen molar-refractivity contribution in [1.29, 1.82) is 0 Å². The molecule has 0 fully saturated rings. The fourth-order valence-electron chi connectivity index (χ4n) is 2.27. The summed E-state index contributed by atoms with van der Waals surface area (Å²) < 4.78 is 42.2. The van der Waals surface area contributed by atoms with Crippen molar-refractivity contribution in [3.05, 3.63) is 65.0 Å². The molecule has 0 radical (unpaired) electrons. The molecule has 0 heterocycles. The molecule has 0 spiro atoms. The molecule has 0 saturated carbocycles. The van der Waals surface area contributed by atoms with E-state index in [1.54, 1.807) is 12.1 Å². The average Bonchev–Trinajstić information content (AvgIpc) is 2.55. The minimum atomic E-state index is -2.91. The number of carbonyl (C=O) groups excluding carboxylic acids is 1. The standard InChI is InChI=1S/C18H19F3N2O2/c1-23(2)11-14-9-12(3-8-16(14)19)10-22-17(24)13-4-6-15(7-5-13)25-18(20)21/h3-9,18H,10-11H2,1-2H3,(H,22,24). The summed E-state index contributed by atoms with van der Waals surface area (Å²) >= 11 is 0. The van der Waals surface area contributed by atoms with Gasteiger partial charge in [-0.3, -0.25) is 4.79 Å². The average molecular weight is 352 g/mol. The highest BCUT2D eigenvalue weighted by molar-refractivity contribution is 5.94. The third-order valence-corrected chi connectivity index (χ3v) is 3.39. The zero-order valence-electron chi connectivity index (χ0n) is 13.9. The quantitative estimate of drug-likeness (QED) is 0.830. The van der Waals surface area contributed by atoms with Gasteiger partial charge in [0.1, 0.15) is 11.6 Å². The molecule has 0 unspecified atom stereocenters. The molecule has 134 valence electrons. The molecule has 0 atom stereocenters. The van der Waals surface area contributed by atoms with E-state index < -0.39 is 6.61 Å². The number of rotatable bonds is 7. The summed E-state index contributed by atoms with van der Waals surface area (Å²) in [7, 11) is 3.69. The van der Waals surface area contributed by atoms with Crippen molar-refractivity contribution in [3.8, 4) is 5.75 Å². The zero-order chi connectivity index (χ0) is 18.4. The Kier molecular flexibility index (Phi) is 6.41. The molecule has 0 saturated heterocycles. The Labute approximate surface area is 144 Å². The Bertz CT molecular complexity index is 719. The Balaban J connectivity index is 1.97. The largest absolute Gasteiger partial charge is 0.435 e. The van der Waals surface area contributed by atoms with Gasteiger partial charge in [0.2, 0.25) is 0 Å². The number of nitrogens with zero attached hydrogens (tertiary/aromatic N) is 1. The lowest BCUT2D eigenvalue weighted by atomic mass is 10.1. The Morgan fingerprint density at radius 3 is 2.44 bits per heavy atom. The van der Waals surface area contributed by atoms with Crippen LogP contribution in [-0.4, -0.2) is 31.5 Å². The van der Waals surface area contributed by atoms with E-state index in [0.29, 0.717) is 17.7 Å². The molecule has 0 aliphatic rings. The van der Waals surface area contributed by atoms with E-state index in [0.717, 1.165) is 5.56 Å². The van der Waals surface area contributed by atoms with E-state index in [2.05, 4.69) is 10.1 Å². The van der Waals surface area contributed by atoms with Crippen molar-refractivity contribution in [2.75, 3.05) is 14.1 Å². The lowest BCUT2D eigenvalue weighted by molar-refractivity contribution is -0.0498. The van der Waals surface area contributed by atoms with Gasteiger partial charge in [-0.25, -0.2) is 4.39 Å². The first-order valence-electron chi connectivity index (χ1n) is 7.60. The third-order valence-electron chi connectivity index (χ3n) is 3.39. The van der Waals surface area contributed by atoms with Crippen LogP contribution < -0.4 is 10.1 Å². The van der Waals surface area contributed by atoms with E-state index in [9.17, 15) is 18.0 Å². The van der Waals surface area contributed by atoms with Gasteiger partial charge in [-0.05, 0) is 56.1 Å². The smallest absolute Gasteiger partial charge is 0.387 e. The number of hydrogen-bond acceptors (Lipinski definition) is 3. The summed E-state index contributed by atoms with van der Waals surface area (Å²) in [5.41, 5.74) is 1.63. The van der Waals surface area contributed by atoms with Crippen LogP contribution in [0.3, 0.4) is 0 Å². The van der Waals surface area contributed by atoms with Crippen molar-refractivity contribution >= 4 is 5.91 Å². The molecular weight excluding hydrogens is 333 g/mol. The van der Waals surface area contributed by atoms with Crippen molar-refractivity contribution in [1.82, 2.24) is 10.2 Å². The summed E-state index contributed by atoms with van der Waals surface area (Å²) in [6, 6.07) is 10.1. The highest BCUT2D eigenvalue weighted by atomic mass is 19.3. The molecule has 2 rings (SSSR count). The van der Waals surface area contributed by atoms with Crippen LogP contribution >= 0.6 is 0 Å². The van der Waals surface area contributed by atoms with Crippen LogP contribution in [0.4, 0.5) is 13.2 Å². The molecular formula is C18H19F3N2O2. The van der Waals surface area contributed by atoms with E-state index in [-0.39, 0.29) is 24.0 Å². The molecule has 0 aliphatic heterocycles. The van der Waals surface area contributed by atoms with Gasteiger partial charge in [0, 0.05) is 24.2 Å². The van der Waals surface area contributed by atoms with E-state index in [1.807, 2.05) is 19.0 Å². The Hall–Kier alpha value is -2.54. The van der Waals surface area contributed by atoms with Crippen LogP contribution in [0.1, 0.15) is 21.5 Å². The number of hydrogen-bond donors (Lipinski definition) is 1. The van der Waals surface area contributed by atoms with Gasteiger partial charge in [-0.2, -0.15) is 8.78 Å². The summed E-state index contributed by atoms with van der Waals surface area (Å²) in [5, 5.41) is 2.71. The summed E-state index contributed by atoms with van der Waals surface area (Å²) in [6.07, 6.45) is 0. The van der Waals surface area contributed by atoms with Gasteiger partial charge < -0.3 is 15.0 Å². The second-order valence-corrected chi connectivity index (χ2v) is 5.75. The van der Waals surface area contributed by atoms with Gasteiger partial charge in [0.25, 0.3) is 5.91 Å². The van der Waals surface area contributed by atoms with Crippen molar-refractivity contribution in [2.24, 2.45) is 0 Å². The number of benzene rings is 2. The molecule has 0 aliphatic carbocycles. The van der Waals surface area contributed by atoms with E-state index in [1.165, 1.54) is 30.3 Å². The molecule has 2 aromatic carbocycles. The molecule has 0 aromatic heterocycles. The topological polar surface area (TPSA) is 41.6 Å². The van der Waals surface area contributed by atoms with Crippen LogP contribution in [0.25, 0.3) is 0 Å². The summed E-state index contributed by atoms with van der Waals surface area (Å²) in [4.78, 5) is 13.9. The van der Waals surface area contributed by atoms with Gasteiger partial charge in [0.15, 0.2) is 0 Å². The first-order chi connectivity index (χ1) is 11.8. The monoisotopic (exact) mass is 352 g/mol. The molecule has 25 heavy (non-hydrogen) atoms. The minimum Gasteiger partial charge on any atom is -0.435 e. The highest BCUT2D eigenvalue weighted by Crippen LogP contribution is 2.15. The van der Waals surface area contributed by atoms with Gasteiger partial charge in [0.05, 0.1) is 0 Å². The van der Waals surface area contributed by atoms with Gasteiger partial charge in [-0.15, -0.1) is 0 Å². The SMILES string of the molecule is CN(C)Cc1cc(CNC(=O)c2ccc(OC(F)F)cc2)ccc1F. The Morgan fingerprint density at radius 1 is 1.16 bits per heavy atom. The predicted octanol–water partition coefficient (Wildman–Crippen LogP) is 3.42. The number of alkyl halides is 2. The zero-order valence-corrected chi connectivity index (χ0v) is 13.9. The molecule has 4 nitrogen and oxygen atoms in total. The number of carbonyl (C=O) groups is 1. The first kappa shape index (κ1) is 18.8. The fraction of sp³-hybridized carbons (Fsp3) is 0.278. The number of halogens is 3. The Morgan fingerprint density at radius 2 is 1.84 bits per heavy atom. The normalized spacial score (nSPS) is 11.0. The highest BCUT2D eigenvalue weighted by Gasteiger charge is 2.09. The fourth-order valence-corrected chi connectivity index (χ4v) is 2.27. The molecule has 7 heteroatoms.